The molecular weight excluding hydrogens is 1210 g/mol. The highest BCUT2D eigenvalue weighted by molar-refractivity contribution is 5.73. The van der Waals surface area contributed by atoms with Gasteiger partial charge in [0.25, 0.3) is 0 Å². The summed E-state index contributed by atoms with van der Waals surface area (Å²) in [4.78, 5) is 0. The average Bonchev–Trinajstić information content (AvgIpc) is 0.737. The van der Waals surface area contributed by atoms with Gasteiger partial charge in [-0.05, 0) is 48.5 Å². The van der Waals surface area contributed by atoms with Crippen LogP contribution >= 0.6 is 0 Å². The lowest BCUT2D eigenvalue weighted by atomic mass is 9.80. The molecule has 0 spiro atoms. The Balaban J connectivity index is 0.892. The predicted molar refractivity (Wildman–Crippen MR) is 333 cm³/mol. The van der Waals surface area contributed by atoms with Crippen molar-refractivity contribution >= 4 is 0 Å². The van der Waals surface area contributed by atoms with Crippen LogP contribution in [-0.4, -0.2) is 67.9 Å². The molecule has 9 aliphatic heterocycles. The van der Waals surface area contributed by atoms with Gasteiger partial charge in [0.15, 0.2) is 46.0 Å². The fraction of sp³-hybridized carbons (Fsp3) is 0.351. The molecule has 19 rings (SSSR count). The minimum Gasteiger partial charge on any atom is -0.457 e. The first-order chi connectivity index (χ1) is 45.9. The summed E-state index contributed by atoms with van der Waals surface area (Å²) in [6.45, 7) is 14.7. The van der Waals surface area contributed by atoms with Crippen molar-refractivity contribution in [3.05, 3.63) is 162 Å². The Labute approximate surface area is 540 Å². The van der Waals surface area contributed by atoms with E-state index in [4.69, 9.17) is 94.7 Å². The van der Waals surface area contributed by atoms with Crippen molar-refractivity contribution < 1.29 is 94.7 Å². The Morgan fingerprint density at radius 3 is 0.447 bits per heavy atom. The molecule has 8 aromatic carbocycles. The Morgan fingerprint density at radius 1 is 0.149 bits per heavy atom. The summed E-state index contributed by atoms with van der Waals surface area (Å²) in [6, 6.07) is 25.1. The highest BCUT2D eigenvalue weighted by Gasteiger charge is 2.43. The number of fused-ring (bicyclic) bond motifs is 4. The van der Waals surface area contributed by atoms with E-state index in [1.54, 1.807) is 0 Å². The maximum atomic E-state index is 7.19. The van der Waals surface area contributed by atoms with Crippen molar-refractivity contribution in [3.8, 4) is 115 Å². The summed E-state index contributed by atoms with van der Waals surface area (Å²) >= 11 is 0. The van der Waals surface area contributed by atoms with Gasteiger partial charge >= 0.3 is 0 Å². The van der Waals surface area contributed by atoms with E-state index in [9.17, 15) is 0 Å². The topological polar surface area (TPSA) is 185 Å². The molecule has 0 saturated heterocycles. The third-order valence-corrected chi connectivity index (χ3v) is 21.2. The molecule has 0 N–H and O–H groups in total. The van der Waals surface area contributed by atoms with Gasteiger partial charge < -0.3 is 94.7 Å². The van der Waals surface area contributed by atoms with Crippen LogP contribution in [-0.2, 0) is 0 Å². The van der Waals surface area contributed by atoms with Gasteiger partial charge in [-0.2, -0.15) is 0 Å². The van der Waals surface area contributed by atoms with E-state index in [-0.39, 0.29) is 113 Å². The first kappa shape index (κ1) is 55.4. The van der Waals surface area contributed by atoms with Gasteiger partial charge in [-0.3, -0.25) is 0 Å². The second kappa shape index (κ2) is 20.6. The van der Waals surface area contributed by atoms with E-state index in [1.807, 2.05) is 24.3 Å². The quantitative estimate of drug-likeness (QED) is 0.139. The molecule has 20 heteroatoms. The lowest BCUT2D eigenvalue weighted by Gasteiger charge is -2.35. The second-order valence-corrected chi connectivity index (χ2v) is 25.7. The SMILES string of the molecule is CC1c2cc3c4cc2OCOc2cc5c(cc21)[C@H](C)c1cc2c6c(c1OCO5)OCOc1c5c7cc8c1OCOc1cc9c(cc1[C@@H]8C)C(C)c1cc8c(cc1OCO9)OCOc1c(cc(c(c1OCOc1c(c(cc(c1OCO4)[C@@H]3C)C2C)OCO6)OCO5)C7C)[C@@H]8C. The van der Waals surface area contributed by atoms with Crippen LogP contribution in [0.25, 0.3) is 0 Å². The van der Waals surface area contributed by atoms with Crippen molar-refractivity contribution in [2.24, 2.45) is 0 Å². The van der Waals surface area contributed by atoms with Crippen LogP contribution in [0.15, 0.2) is 72.8 Å². The molecule has 2 aliphatic carbocycles. The van der Waals surface area contributed by atoms with Crippen LogP contribution in [0.1, 0.15) is 192 Å². The Morgan fingerprint density at radius 2 is 0.266 bits per heavy atom. The maximum Gasteiger partial charge on any atom is 0.231 e. The minimum absolute atomic E-state index is 0.0653. The summed E-state index contributed by atoms with van der Waals surface area (Å²) in [7, 11) is 0. The molecule has 94 heavy (non-hydrogen) atoms. The second-order valence-electron chi connectivity index (χ2n) is 25.7. The fourth-order valence-electron chi connectivity index (χ4n) is 15.9. The molecule has 480 valence electrons. The Hall–Kier alpha value is -10.2. The first-order valence-electron chi connectivity index (χ1n) is 32.0. The first-order valence-corrected chi connectivity index (χ1v) is 32.0. The smallest absolute Gasteiger partial charge is 0.231 e. The van der Waals surface area contributed by atoms with Gasteiger partial charge in [0, 0.05) is 161 Å². The molecular formula is C74H64O20. The summed E-state index contributed by atoms with van der Waals surface area (Å²) in [6.07, 6.45) is 0. The maximum absolute atomic E-state index is 7.19. The van der Waals surface area contributed by atoms with Crippen LogP contribution in [0.4, 0.5) is 0 Å². The van der Waals surface area contributed by atoms with Gasteiger partial charge in [-0.1, -0.05) is 55.4 Å². The van der Waals surface area contributed by atoms with Gasteiger partial charge in [0.2, 0.25) is 90.9 Å². The highest BCUT2D eigenvalue weighted by atomic mass is 16.7. The molecule has 0 aromatic heterocycles. The largest absolute Gasteiger partial charge is 0.457 e. The van der Waals surface area contributed by atoms with Gasteiger partial charge in [0.1, 0.15) is 46.0 Å². The minimum atomic E-state index is -0.499. The van der Waals surface area contributed by atoms with E-state index in [2.05, 4.69) is 104 Å². The zero-order chi connectivity index (χ0) is 63.1. The molecule has 9 heterocycles. The zero-order valence-electron chi connectivity index (χ0n) is 52.8. The van der Waals surface area contributed by atoms with Gasteiger partial charge in [0.05, 0.1) is 0 Å². The van der Waals surface area contributed by atoms with Crippen LogP contribution < -0.4 is 94.7 Å². The monoisotopic (exact) mass is 1270 g/mol. The number of hydrogen-bond donors (Lipinski definition) is 0. The zero-order valence-corrected chi connectivity index (χ0v) is 52.8. The highest BCUT2D eigenvalue weighted by Crippen LogP contribution is 2.62. The van der Waals surface area contributed by atoms with Crippen LogP contribution in [0.2, 0.25) is 0 Å². The summed E-state index contributed by atoms with van der Waals surface area (Å²) in [5.74, 6) is 5.98. The lowest BCUT2D eigenvalue weighted by molar-refractivity contribution is 0.0529. The fourth-order valence-corrected chi connectivity index (χ4v) is 15.9. The van der Waals surface area contributed by atoms with Crippen molar-refractivity contribution in [1.29, 1.82) is 0 Å². The van der Waals surface area contributed by atoms with Crippen LogP contribution in [0.3, 0.4) is 0 Å². The summed E-state index contributed by atoms with van der Waals surface area (Å²) < 4.78 is 136. The van der Waals surface area contributed by atoms with E-state index in [0.29, 0.717) is 92.0 Å². The Kier molecular flexibility index (Phi) is 12.2. The molecule has 0 saturated carbocycles. The van der Waals surface area contributed by atoms with Crippen molar-refractivity contribution in [2.45, 2.75) is 103 Å². The molecule has 0 radical (unpaired) electrons. The molecule has 24 bridgehead atoms. The standard InChI is InChI=1S/C74H64O20/c1-31-39-9-43-33(3)47-13-51-37(7)52-14-48-34(4)44-10-40(31)56-18-60(44)80-24-84-64(48)72-68(52)88-27-87-67(51)71(63(47)83-23-79-59(43)17-55(39)75-21-76-56)91-29-93-73-65-49-15-53-38(8)54-16-50-36(6)46-12-42-32(2)41-11-45(35(49)5)61(81-25-85-65)19-57(41)77-22-78-58(42)20-62(46)82-26-86-66(50)74(94-30-92-72)70(54)90-28-89-69(53)73/h9-20,31-38H,21-30H2,1-8H3/t31?,32?,33-,34+,35-,36+,37?,38?. The molecule has 8 atom stereocenters. The summed E-state index contributed by atoms with van der Waals surface area (Å²) in [5.41, 5.74) is 13.7. The molecule has 4 unspecified atom stereocenters. The average molecular weight is 1270 g/mol. The van der Waals surface area contributed by atoms with Crippen molar-refractivity contribution in [1.82, 2.24) is 0 Å². The van der Waals surface area contributed by atoms with Crippen LogP contribution in [0, 0.1) is 0 Å². The van der Waals surface area contributed by atoms with E-state index in [1.165, 1.54) is 0 Å². The molecule has 8 aromatic rings. The van der Waals surface area contributed by atoms with Crippen LogP contribution in [0.5, 0.6) is 115 Å². The molecule has 20 nitrogen and oxygen atoms in total. The molecule has 0 amide bonds. The Bertz CT molecular complexity index is 4050. The summed E-state index contributed by atoms with van der Waals surface area (Å²) in [5, 5.41) is 0. The third-order valence-electron chi connectivity index (χ3n) is 21.2. The lowest BCUT2D eigenvalue weighted by Crippen LogP contribution is -2.24. The number of hydrogen-bond acceptors (Lipinski definition) is 20. The number of ether oxygens (including phenoxy) is 20. The van der Waals surface area contributed by atoms with Crippen molar-refractivity contribution in [3.63, 3.8) is 0 Å². The number of benzene rings is 8. The number of rotatable bonds is 0. The van der Waals surface area contributed by atoms with Gasteiger partial charge in [-0.15, -0.1) is 0 Å². The van der Waals surface area contributed by atoms with Crippen molar-refractivity contribution in [2.75, 3.05) is 67.9 Å². The van der Waals surface area contributed by atoms with E-state index in [0.717, 1.165) is 89.0 Å². The van der Waals surface area contributed by atoms with Gasteiger partial charge in [-0.25, -0.2) is 0 Å². The molecule has 0 fully saturated rings. The van der Waals surface area contributed by atoms with E-state index < -0.39 is 25.4 Å². The third kappa shape index (κ3) is 8.03. The van der Waals surface area contributed by atoms with E-state index >= 15 is 0 Å². The predicted octanol–water partition coefficient (Wildman–Crippen LogP) is 14.5. The normalized spacial score (nSPS) is 23.3. The molecule has 11 aliphatic rings.